The van der Waals surface area contributed by atoms with Crippen LogP contribution in [0.25, 0.3) is 0 Å². The van der Waals surface area contributed by atoms with E-state index in [2.05, 4.69) is 46.6 Å². The molecule has 2 N–H and O–H groups in total. The Hall–Kier alpha value is -3.24. The molecule has 3 heterocycles. The van der Waals surface area contributed by atoms with E-state index in [0.29, 0.717) is 56.5 Å². The maximum atomic E-state index is 12.5. The summed E-state index contributed by atoms with van der Waals surface area (Å²) in [6.45, 7) is 3.07. The predicted octanol–water partition coefficient (Wildman–Crippen LogP) is 2.85. The molecule has 0 atom stereocenters. The van der Waals surface area contributed by atoms with Crippen LogP contribution in [-0.2, 0) is 11.2 Å². The van der Waals surface area contributed by atoms with E-state index >= 15 is 0 Å². The number of benzene rings is 1. The Balaban J connectivity index is 1.45. The van der Waals surface area contributed by atoms with Crippen LogP contribution in [0.4, 0.5) is 11.6 Å². The third kappa shape index (κ3) is 6.14. The van der Waals surface area contributed by atoms with Gasteiger partial charge in [0.15, 0.2) is 5.82 Å². The smallest absolute Gasteiger partial charge is 0.320 e. The van der Waals surface area contributed by atoms with Crippen LogP contribution in [0.3, 0.4) is 0 Å². The molecule has 0 saturated carbocycles. The number of nitrogens with one attached hydrogen (secondary N) is 2. The molecule has 1 aliphatic heterocycles. The molecule has 32 heavy (non-hydrogen) atoms. The molecule has 4 rings (SSSR count). The highest BCUT2D eigenvalue weighted by Crippen LogP contribution is 2.20. The third-order valence-corrected chi connectivity index (χ3v) is 5.23. The Bertz CT molecular complexity index is 1050. The van der Waals surface area contributed by atoms with Crippen molar-refractivity contribution >= 4 is 33.5 Å². The Morgan fingerprint density at radius 1 is 1.12 bits per heavy atom. The van der Waals surface area contributed by atoms with Crippen molar-refractivity contribution in [2.75, 3.05) is 43.2 Å². The van der Waals surface area contributed by atoms with Gasteiger partial charge in [0.1, 0.15) is 5.82 Å². The molecule has 0 aliphatic carbocycles. The van der Waals surface area contributed by atoms with Gasteiger partial charge in [-0.2, -0.15) is 9.97 Å². The Kier molecular flexibility index (Phi) is 7.47. The van der Waals surface area contributed by atoms with Gasteiger partial charge in [-0.15, -0.1) is 0 Å². The first-order chi connectivity index (χ1) is 15.7. The summed E-state index contributed by atoms with van der Waals surface area (Å²) in [6, 6.07) is 14.9. The SMILES string of the molecule is O=C(NNc1cc(N2CCOCC2)nc(OCCc2ccccn2)n1)c1cccc(Br)c1. The predicted molar refractivity (Wildman–Crippen MR) is 124 cm³/mol. The highest BCUT2D eigenvalue weighted by Gasteiger charge is 2.16. The number of aromatic nitrogens is 3. The molecule has 0 unspecified atom stereocenters. The number of nitrogens with zero attached hydrogens (tertiary/aromatic N) is 4. The number of rotatable bonds is 8. The van der Waals surface area contributed by atoms with E-state index in [1.165, 1.54) is 0 Å². The van der Waals surface area contributed by atoms with E-state index in [1.54, 1.807) is 30.5 Å². The zero-order chi connectivity index (χ0) is 22.2. The number of carbonyl (C=O) groups is 1. The van der Waals surface area contributed by atoms with Crippen LogP contribution in [0, 0.1) is 0 Å². The van der Waals surface area contributed by atoms with Crippen LogP contribution < -0.4 is 20.5 Å². The molecule has 166 valence electrons. The van der Waals surface area contributed by atoms with Crippen molar-refractivity contribution in [3.8, 4) is 6.01 Å². The van der Waals surface area contributed by atoms with Gasteiger partial charge in [-0.25, -0.2) is 0 Å². The number of hydrogen-bond acceptors (Lipinski definition) is 8. The lowest BCUT2D eigenvalue weighted by molar-refractivity contribution is 0.0962. The highest BCUT2D eigenvalue weighted by molar-refractivity contribution is 9.10. The van der Waals surface area contributed by atoms with Crippen LogP contribution in [0.1, 0.15) is 16.1 Å². The molecular weight excluding hydrogens is 476 g/mol. The molecule has 9 nitrogen and oxygen atoms in total. The normalized spacial score (nSPS) is 13.5. The van der Waals surface area contributed by atoms with Gasteiger partial charge < -0.3 is 14.4 Å². The molecular formula is C22H23BrN6O3. The molecule has 10 heteroatoms. The fourth-order valence-corrected chi connectivity index (χ4v) is 3.51. The van der Waals surface area contributed by atoms with Crippen LogP contribution >= 0.6 is 15.9 Å². The van der Waals surface area contributed by atoms with Crippen LogP contribution in [0.15, 0.2) is 59.2 Å². The van der Waals surface area contributed by atoms with Gasteiger partial charge in [0.05, 0.1) is 19.8 Å². The van der Waals surface area contributed by atoms with Crippen molar-refractivity contribution in [2.24, 2.45) is 0 Å². The first-order valence-corrected chi connectivity index (χ1v) is 11.0. The fraction of sp³-hybridized carbons (Fsp3) is 0.273. The average molecular weight is 499 g/mol. The lowest BCUT2D eigenvalue weighted by atomic mass is 10.2. The minimum Gasteiger partial charge on any atom is -0.463 e. The molecule has 1 saturated heterocycles. The summed E-state index contributed by atoms with van der Waals surface area (Å²) in [5.74, 6) is 0.850. The Morgan fingerprint density at radius 2 is 2.00 bits per heavy atom. The van der Waals surface area contributed by atoms with Gasteiger partial charge >= 0.3 is 6.01 Å². The molecule has 1 aliphatic rings. The molecule has 0 spiro atoms. The van der Waals surface area contributed by atoms with Gasteiger partial charge in [-0.05, 0) is 30.3 Å². The van der Waals surface area contributed by atoms with Gasteiger partial charge in [0, 0.05) is 47.5 Å². The monoisotopic (exact) mass is 498 g/mol. The lowest BCUT2D eigenvalue weighted by Gasteiger charge is -2.28. The molecule has 0 radical (unpaired) electrons. The first kappa shape index (κ1) is 22.0. The fourth-order valence-electron chi connectivity index (χ4n) is 3.11. The van der Waals surface area contributed by atoms with E-state index in [4.69, 9.17) is 9.47 Å². The van der Waals surface area contributed by atoms with Gasteiger partial charge in [-0.3, -0.25) is 20.6 Å². The number of morpholine rings is 1. The van der Waals surface area contributed by atoms with E-state index < -0.39 is 0 Å². The van der Waals surface area contributed by atoms with Crippen LogP contribution in [0.5, 0.6) is 6.01 Å². The maximum Gasteiger partial charge on any atom is 0.320 e. The van der Waals surface area contributed by atoms with Gasteiger partial charge in [-0.1, -0.05) is 28.1 Å². The zero-order valence-corrected chi connectivity index (χ0v) is 18.9. The number of pyridine rings is 1. The number of carbonyl (C=O) groups excluding carboxylic acids is 1. The largest absolute Gasteiger partial charge is 0.463 e. The summed E-state index contributed by atoms with van der Waals surface area (Å²) in [6.07, 6.45) is 2.38. The van der Waals surface area contributed by atoms with E-state index in [0.717, 1.165) is 10.2 Å². The summed E-state index contributed by atoms with van der Waals surface area (Å²) < 4.78 is 12.1. The number of amides is 1. The van der Waals surface area contributed by atoms with Crippen molar-refractivity contribution < 1.29 is 14.3 Å². The summed E-state index contributed by atoms with van der Waals surface area (Å²) in [5, 5.41) is 0. The third-order valence-electron chi connectivity index (χ3n) is 4.73. The molecule has 1 aromatic carbocycles. The van der Waals surface area contributed by atoms with E-state index in [9.17, 15) is 4.79 Å². The standard InChI is InChI=1S/C22H23BrN6O3/c23-17-5-3-4-16(14-17)21(30)28-27-19-15-20(29-9-12-31-13-10-29)26-22(25-19)32-11-7-18-6-1-2-8-24-18/h1-6,8,14-15H,7,9-13H2,(H,28,30)(H,25,26,27). The molecule has 3 aromatic rings. The van der Waals surface area contributed by atoms with Crippen molar-refractivity contribution in [1.29, 1.82) is 0 Å². The average Bonchev–Trinajstić information content (AvgIpc) is 2.84. The van der Waals surface area contributed by atoms with Crippen LogP contribution in [0.2, 0.25) is 0 Å². The van der Waals surface area contributed by atoms with Crippen molar-refractivity contribution in [1.82, 2.24) is 20.4 Å². The zero-order valence-electron chi connectivity index (χ0n) is 17.3. The summed E-state index contributed by atoms with van der Waals surface area (Å²) in [7, 11) is 0. The second kappa shape index (κ2) is 10.9. The minimum absolute atomic E-state index is 0.226. The van der Waals surface area contributed by atoms with E-state index in [-0.39, 0.29) is 11.9 Å². The van der Waals surface area contributed by atoms with Crippen molar-refractivity contribution in [2.45, 2.75) is 6.42 Å². The summed E-state index contributed by atoms with van der Waals surface area (Å²) in [4.78, 5) is 27.8. The highest BCUT2D eigenvalue weighted by atomic mass is 79.9. The number of hydrazine groups is 1. The van der Waals surface area contributed by atoms with Crippen molar-refractivity contribution in [3.63, 3.8) is 0 Å². The van der Waals surface area contributed by atoms with Gasteiger partial charge in [0.25, 0.3) is 5.91 Å². The van der Waals surface area contributed by atoms with Crippen molar-refractivity contribution in [3.05, 3.63) is 70.5 Å². The number of ether oxygens (including phenoxy) is 2. The van der Waals surface area contributed by atoms with Crippen LogP contribution in [-0.4, -0.2) is 53.8 Å². The maximum absolute atomic E-state index is 12.5. The second-order valence-corrected chi connectivity index (χ2v) is 7.92. The summed E-state index contributed by atoms with van der Waals surface area (Å²) >= 11 is 3.37. The van der Waals surface area contributed by atoms with E-state index in [1.807, 2.05) is 24.3 Å². The first-order valence-electron chi connectivity index (χ1n) is 10.2. The number of hydrogen-bond donors (Lipinski definition) is 2. The quantitative estimate of drug-likeness (QED) is 0.457. The van der Waals surface area contributed by atoms with Gasteiger partial charge in [0.2, 0.25) is 0 Å². The Labute approximate surface area is 194 Å². The minimum atomic E-state index is -0.282. The summed E-state index contributed by atoms with van der Waals surface area (Å²) in [5.41, 5.74) is 6.99. The number of halogens is 1. The molecule has 1 fully saturated rings. The second-order valence-electron chi connectivity index (χ2n) is 7.00. The number of anilines is 2. The Morgan fingerprint density at radius 3 is 2.78 bits per heavy atom. The molecule has 1 amide bonds. The topological polar surface area (TPSA) is 102 Å². The molecule has 2 aromatic heterocycles. The lowest BCUT2D eigenvalue weighted by Crippen LogP contribution is -2.37. The molecule has 0 bridgehead atoms.